The average Bonchev–Trinajstić information content (AvgIpc) is 2.77. The quantitative estimate of drug-likeness (QED) is 0.727. The van der Waals surface area contributed by atoms with Crippen molar-refractivity contribution in [2.24, 2.45) is 0 Å². The number of hydrogen-bond acceptors (Lipinski definition) is 3. The van der Waals surface area contributed by atoms with E-state index in [1.54, 1.807) is 14.2 Å². The zero-order valence-corrected chi connectivity index (χ0v) is 16.6. The smallest absolute Gasteiger partial charge is 0.252 e. The van der Waals surface area contributed by atoms with Gasteiger partial charge in [0.1, 0.15) is 0 Å². The maximum atomic E-state index is 13.2. The SMILES string of the molecule is COc1cc2c(cc1OC)/C(c1ccccc1)=C(/c1ccccc1)C(=O)NCC2. The van der Waals surface area contributed by atoms with Gasteiger partial charge in [-0.05, 0) is 40.8 Å². The Kier molecular flexibility index (Phi) is 5.34. The molecule has 0 aromatic heterocycles. The molecular formula is C25H23NO3. The summed E-state index contributed by atoms with van der Waals surface area (Å²) in [6.07, 6.45) is 0.708. The molecule has 0 atom stereocenters. The number of carbonyl (C=O) groups is 1. The monoisotopic (exact) mass is 385 g/mol. The maximum Gasteiger partial charge on any atom is 0.252 e. The summed E-state index contributed by atoms with van der Waals surface area (Å²) in [5.41, 5.74) is 5.51. The van der Waals surface area contributed by atoms with Crippen LogP contribution in [0.1, 0.15) is 22.3 Å². The van der Waals surface area contributed by atoms with Crippen LogP contribution in [0.25, 0.3) is 11.1 Å². The predicted octanol–water partition coefficient (Wildman–Crippen LogP) is 4.34. The van der Waals surface area contributed by atoms with Crippen LogP contribution in [-0.2, 0) is 11.2 Å². The van der Waals surface area contributed by atoms with Crippen molar-refractivity contribution in [3.8, 4) is 11.5 Å². The molecule has 0 saturated heterocycles. The van der Waals surface area contributed by atoms with Gasteiger partial charge < -0.3 is 14.8 Å². The molecule has 1 amide bonds. The Morgan fingerprint density at radius 2 is 1.31 bits per heavy atom. The van der Waals surface area contributed by atoms with Crippen LogP contribution in [0.2, 0.25) is 0 Å². The fraction of sp³-hybridized carbons (Fsp3) is 0.160. The number of ether oxygens (including phenoxy) is 2. The number of benzene rings is 3. The first-order chi connectivity index (χ1) is 14.2. The van der Waals surface area contributed by atoms with Crippen LogP contribution in [0, 0.1) is 0 Å². The summed E-state index contributed by atoms with van der Waals surface area (Å²) in [5, 5.41) is 3.07. The fourth-order valence-electron chi connectivity index (χ4n) is 3.79. The van der Waals surface area contributed by atoms with Gasteiger partial charge in [-0.1, -0.05) is 60.7 Å². The third-order valence-electron chi connectivity index (χ3n) is 5.16. The van der Waals surface area contributed by atoms with E-state index in [0.717, 1.165) is 27.8 Å². The highest BCUT2D eigenvalue weighted by Crippen LogP contribution is 2.40. The Balaban J connectivity index is 2.10. The van der Waals surface area contributed by atoms with Crippen LogP contribution in [-0.4, -0.2) is 26.7 Å². The van der Waals surface area contributed by atoms with E-state index in [4.69, 9.17) is 9.47 Å². The number of carbonyl (C=O) groups excluding carboxylic acids is 1. The van der Waals surface area contributed by atoms with E-state index in [0.29, 0.717) is 30.0 Å². The zero-order valence-electron chi connectivity index (χ0n) is 16.6. The van der Waals surface area contributed by atoms with E-state index in [1.807, 2.05) is 72.8 Å². The molecule has 4 rings (SSSR count). The third kappa shape index (κ3) is 3.61. The first-order valence-corrected chi connectivity index (χ1v) is 9.61. The second-order valence-electron chi connectivity index (χ2n) is 6.85. The van der Waals surface area contributed by atoms with Gasteiger partial charge in [0.05, 0.1) is 19.8 Å². The minimum absolute atomic E-state index is 0.0736. The second-order valence-corrected chi connectivity index (χ2v) is 6.85. The summed E-state index contributed by atoms with van der Waals surface area (Å²) in [5.74, 6) is 1.26. The van der Waals surface area contributed by atoms with Gasteiger partial charge in [0.25, 0.3) is 5.91 Å². The van der Waals surface area contributed by atoms with Crippen molar-refractivity contribution in [2.75, 3.05) is 20.8 Å². The highest BCUT2D eigenvalue weighted by molar-refractivity contribution is 6.29. The van der Waals surface area contributed by atoms with E-state index in [1.165, 1.54) is 0 Å². The molecule has 0 unspecified atom stereocenters. The van der Waals surface area contributed by atoms with Gasteiger partial charge >= 0.3 is 0 Å². The van der Waals surface area contributed by atoms with Gasteiger partial charge in [-0.15, -0.1) is 0 Å². The van der Waals surface area contributed by atoms with E-state index in [2.05, 4.69) is 5.32 Å². The predicted molar refractivity (Wildman–Crippen MR) is 115 cm³/mol. The molecule has 3 aromatic rings. The molecule has 0 aliphatic carbocycles. The number of amides is 1. The molecule has 29 heavy (non-hydrogen) atoms. The third-order valence-corrected chi connectivity index (χ3v) is 5.16. The topological polar surface area (TPSA) is 47.6 Å². The second kappa shape index (κ2) is 8.23. The van der Waals surface area contributed by atoms with E-state index < -0.39 is 0 Å². The number of rotatable bonds is 4. The lowest BCUT2D eigenvalue weighted by molar-refractivity contribution is -0.115. The summed E-state index contributed by atoms with van der Waals surface area (Å²) in [7, 11) is 3.27. The lowest BCUT2D eigenvalue weighted by atomic mass is 9.84. The van der Waals surface area contributed by atoms with Crippen LogP contribution in [0.15, 0.2) is 72.8 Å². The molecule has 1 aliphatic heterocycles. The molecule has 0 bridgehead atoms. The highest BCUT2D eigenvalue weighted by atomic mass is 16.5. The lowest BCUT2D eigenvalue weighted by Gasteiger charge is -2.23. The maximum absolute atomic E-state index is 13.2. The molecule has 0 radical (unpaired) electrons. The fourth-order valence-corrected chi connectivity index (χ4v) is 3.79. The molecule has 4 heteroatoms. The van der Waals surface area contributed by atoms with Crippen molar-refractivity contribution in [1.29, 1.82) is 0 Å². The molecule has 0 saturated carbocycles. The minimum Gasteiger partial charge on any atom is -0.493 e. The summed E-state index contributed by atoms with van der Waals surface area (Å²) in [4.78, 5) is 13.2. The van der Waals surface area contributed by atoms with E-state index in [9.17, 15) is 4.79 Å². The summed E-state index contributed by atoms with van der Waals surface area (Å²) >= 11 is 0. The molecule has 4 nitrogen and oxygen atoms in total. The van der Waals surface area contributed by atoms with E-state index in [-0.39, 0.29) is 5.91 Å². The van der Waals surface area contributed by atoms with Crippen molar-refractivity contribution in [1.82, 2.24) is 5.32 Å². The number of methoxy groups -OCH3 is 2. The molecule has 146 valence electrons. The molecule has 0 spiro atoms. The minimum atomic E-state index is -0.0736. The number of fused-ring (bicyclic) bond motifs is 1. The summed E-state index contributed by atoms with van der Waals surface area (Å²) < 4.78 is 11.1. The molecule has 3 aromatic carbocycles. The Bertz CT molecular complexity index is 1060. The first kappa shape index (κ1) is 18.8. The molecular weight excluding hydrogens is 362 g/mol. The van der Waals surface area contributed by atoms with E-state index >= 15 is 0 Å². The van der Waals surface area contributed by atoms with Crippen molar-refractivity contribution >= 4 is 17.1 Å². The van der Waals surface area contributed by atoms with Gasteiger partial charge in [-0.25, -0.2) is 0 Å². The highest BCUT2D eigenvalue weighted by Gasteiger charge is 2.25. The van der Waals surface area contributed by atoms with Crippen molar-refractivity contribution < 1.29 is 14.3 Å². The number of nitrogens with one attached hydrogen (secondary N) is 1. The standard InChI is InChI=1S/C25H23NO3/c1-28-21-15-19-13-14-26-25(27)24(18-11-7-4-8-12-18)23(17-9-5-3-6-10-17)20(19)16-22(21)29-2/h3-12,15-16H,13-14H2,1-2H3,(H,26,27)/b24-23-. The van der Waals surface area contributed by atoms with Gasteiger partial charge in [-0.3, -0.25) is 4.79 Å². The van der Waals surface area contributed by atoms with Gasteiger partial charge in [0.2, 0.25) is 0 Å². The molecule has 1 N–H and O–H groups in total. The Labute approximate surface area is 170 Å². The van der Waals surface area contributed by atoms with Gasteiger partial charge in [-0.2, -0.15) is 0 Å². The van der Waals surface area contributed by atoms with Crippen LogP contribution in [0.3, 0.4) is 0 Å². The Morgan fingerprint density at radius 3 is 1.90 bits per heavy atom. The molecule has 1 heterocycles. The largest absolute Gasteiger partial charge is 0.493 e. The van der Waals surface area contributed by atoms with Crippen molar-refractivity contribution in [3.05, 3.63) is 95.1 Å². The van der Waals surface area contributed by atoms with Gasteiger partial charge in [0.15, 0.2) is 11.5 Å². The van der Waals surface area contributed by atoms with Crippen molar-refractivity contribution in [2.45, 2.75) is 6.42 Å². The normalized spacial score (nSPS) is 16.3. The van der Waals surface area contributed by atoms with Gasteiger partial charge in [0, 0.05) is 12.1 Å². The Morgan fingerprint density at radius 1 is 0.759 bits per heavy atom. The van der Waals surface area contributed by atoms with Crippen LogP contribution in [0.4, 0.5) is 0 Å². The lowest BCUT2D eigenvalue weighted by Crippen LogP contribution is -2.29. The average molecular weight is 385 g/mol. The van der Waals surface area contributed by atoms with Crippen LogP contribution < -0.4 is 14.8 Å². The first-order valence-electron chi connectivity index (χ1n) is 9.61. The summed E-state index contributed by atoms with van der Waals surface area (Å²) in [6, 6.07) is 23.8. The molecule has 0 fully saturated rings. The molecule has 1 aliphatic rings. The zero-order chi connectivity index (χ0) is 20.2. The number of hydrogen-bond donors (Lipinski definition) is 1. The van der Waals surface area contributed by atoms with Crippen LogP contribution in [0.5, 0.6) is 11.5 Å². The summed E-state index contributed by atoms with van der Waals surface area (Å²) in [6.45, 7) is 0.555. The Hall–Kier alpha value is -3.53. The van der Waals surface area contributed by atoms with Crippen molar-refractivity contribution in [3.63, 3.8) is 0 Å². The van der Waals surface area contributed by atoms with Crippen LogP contribution >= 0.6 is 0 Å².